The number of carbonyl (C=O) groups excluding carboxylic acids is 1. The Kier molecular flexibility index (Phi) is 5.44. The van der Waals surface area contributed by atoms with Gasteiger partial charge in [-0.25, -0.2) is 0 Å². The molecule has 0 saturated carbocycles. The number of allylic oxidation sites excluding steroid dienone is 1. The van der Waals surface area contributed by atoms with E-state index in [1.807, 2.05) is 35.2 Å². The van der Waals surface area contributed by atoms with Gasteiger partial charge in [-0.1, -0.05) is 24.3 Å². The van der Waals surface area contributed by atoms with Crippen LogP contribution in [0.25, 0.3) is 22.2 Å². The number of amides is 1. The molecule has 0 fully saturated rings. The number of rotatable bonds is 5. The van der Waals surface area contributed by atoms with Crippen LogP contribution in [-0.2, 0) is 11.2 Å². The summed E-state index contributed by atoms with van der Waals surface area (Å²) in [5.74, 6) is 2.48. The molecule has 2 aliphatic rings. The minimum Gasteiger partial charge on any atom is -0.497 e. The van der Waals surface area contributed by atoms with E-state index >= 15 is 0 Å². The van der Waals surface area contributed by atoms with Crippen molar-refractivity contribution in [3.8, 4) is 17.2 Å². The fourth-order valence-electron chi connectivity index (χ4n) is 5.60. The van der Waals surface area contributed by atoms with Crippen molar-refractivity contribution in [3.63, 3.8) is 0 Å². The Bertz CT molecular complexity index is 1480. The van der Waals surface area contributed by atoms with E-state index in [1.54, 1.807) is 21.3 Å². The summed E-state index contributed by atoms with van der Waals surface area (Å²) in [6.07, 6.45) is 1.21. The lowest BCUT2D eigenvalue weighted by molar-refractivity contribution is -0.128. The predicted octanol–water partition coefficient (Wildman–Crippen LogP) is 5.63. The van der Waals surface area contributed by atoms with Gasteiger partial charge in [0.1, 0.15) is 17.2 Å². The molecule has 0 radical (unpaired) electrons. The highest BCUT2D eigenvalue weighted by Gasteiger charge is 2.39. The van der Waals surface area contributed by atoms with Crippen molar-refractivity contribution in [2.24, 2.45) is 0 Å². The summed E-state index contributed by atoms with van der Waals surface area (Å²) in [6.45, 7) is 0.653. The van der Waals surface area contributed by atoms with Gasteiger partial charge in [-0.15, -0.1) is 0 Å². The van der Waals surface area contributed by atoms with Gasteiger partial charge in [0.05, 0.1) is 32.7 Å². The van der Waals surface area contributed by atoms with Crippen molar-refractivity contribution in [1.29, 1.82) is 0 Å². The smallest absolute Gasteiger partial charge is 0.228 e. The van der Waals surface area contributed by atoms with Crippen LogP contribution in [0.3, 0.4) is 0 Å². The lowest BCUT2D eigenvalue weighted by Crippen LogP contribution is -2.40. The molecule has 2 aliphatic heterocycles. The largest absolute Gasteiger partial charge is 0.497 e. The number of carbonyl (C=O) groups is 1. The van der Waals surface area contributed by atoms with Crippen molar-refractivity contribution in [3.05, 3.63) is 89.1 Å². The molecule has 1 atom stereocenters. The molecular formula is C30H28N2O4. The molecule has 3 aromatic carbocycles. The van der Waals surface area contributed by atoms with E-state index in [0.29, 0.717) is 13.0 Å². The summed E-state index contributed by atoms with van der Waals surface area (Å²) in [5, 5.41) is 1.14. The van der Waals surface area contributed by atoms with Gasteiger partial charge in [-0.3, -0.25) is 4.79 Å². The first kappa shape index (κ1) is 22.3. The van der Waals surface area contributed by atoms with Crippen molar-refractivity contribution in [2.45, 2.75) is 18.8 Å². The predicted molar refractivity (Wildman–Crippen MR) is 140 cm³/mol. The molecule has 0 aliphatic carbocycles. The van der Waals surface area contributed by atoms with Crippen LogP contribution in [0, 0.1) is 0 Å². The van der Waals surface area contributed by atoms with Gasteiger partial charge >= 0.3 is 0 Å². The summed E-state index contributed by atoms with van der Waals surface area (Å²) in [5.41, 5.74) is 7.56. The Labute approximate surface area is 210 Å². The maximum Gasteiger partial charge on any atom is 0.228 e. The van der Waals surface area contributed by atoms with Crippen LogP contribution in [0.5, 0.6) is 17.2 Å². The molecule has 36 heavy (non-hydrogen) atoms. The number of benzene rings is 3. The molecule has 1 N–H and O–H groups in total. The second-order valence-electron chi connectivity index (χ2n) is 9.21. The molecule has 1 aromatic heterocycles. The third-order valence-corrected chi connectivity index (χ3v) is 7.41. The van der Waals surface area contributed by atoms with Gasteiger partial charge in [0.2, 0.25) is 5.91 Å². The van der Waals surface area contributed by atoms with Gasteiger partial charge in [-0.2, -0.15) is 0 Å². The Morgan fingerprint density at radius 1 is 0.833 bits per heavy atom. The third-order valence-electron chi connectivity index (χ3n) is 7.41. The standard InChI is InChI=1S/C30H28N2O4/c1-34-20-8-4-18(5-9-20)24-17-27(33)32-15-14-23-25-16-22(36-3)12-13-26(25)31-29(23)30(32)28(24)19-6-10-21(35-2)11-7-19/h4-13,16,24,31H,14-15,17H2,1-3H3. The quantitative estimate of drug-likeness (QED) is 0.402. The summed E-state index contributed by atoms with van der Waals surface area (Å²) in [7, 11) is 5.02. The van der Waals surface area contributed by atoms with Crippen LogP contribution in [0.1, 0.15) is 34.7 Å². The number of hydrogen-bond acceptors (Lipinski definition) is 4. The molecule has 6 rings (SSSR count). The van der Waals surface area contributed by atoms with Crippen LogP contribution >= 0.6 is 0 Å². The van der Waals surface area contributed by atoms with Gasteiger partial charge in [-0.05, 0) is 71.1 Å². The zero-order chi connectivity index (χ0) is 24.8. The maximum absolute atomic E-state index is 13.6. The van der Waals surface area contributed by atoms with Gasteiger partial charge in [0, 0.05) is 29.8 Å². The highest BCUT2D eigenvalue weighted by atomic mass is 16.5. The number of fused-ring (bicyclic) bond motifs is 5. The van der Waals surface area contributed by atoms with Crippen LogP contribution < -0.4 is 14.2 Å². The minimum atomic E-state index is -0.0880. The molecule has 1 amide bonds. The first-order valence-electron chi connectivity index (χ1n) is 12.1. The number of ether oxygens (including phenoxy) is 3. The van der Waals surface area contributed by atoms with Crippen LogP contribution in [0.4, 0.5) is 0 Å². The second kappa shape index (κ2) is 8.79. The Balaban J connectivity index is 1.62. The lowest BCUT2D eigenvalue weighted by atomic mass is 9.78. The molecule has 4 aromatic rings. The van der Waals surface area contributed by atoms with Crippen molar-refractivity contribution >= 4 is 28.1 Å². The van der Waals surface area contributed by atoms with E-state index in [1.165, 1.54) is 5.56 Å². The SMILES string of the molecule is COc1ccc(C2=C3c4[nH]c5ccc(OC)cc5c4CCN3C(=O)CC2c2ccc(OC)cc2)cc1. The van der Waals surface area contributed by atoms with E-state index in [9.17, 15) is 4.79 Å². The Morgan fingerprint density at radius 2 is 1.47 bits per heavy atom. The number of aromatic nitrogens is 1. The molecule has 0 saturated heterocycles. The van der Waals surface area contributed by atoms with Crippen molar-refractivity contribution in [1.82, 2.24) is 9.88 Å². The average Bonchev–Trinajstić information content (AvgIpc) is 3.31. The van der Waals surface area contributed by atoms with Crippen LogP contribution in [-0.4, -0.2) is 43.7 Å². The molecular weight excluding hydrogens is 452 g/mol. The third kappa shape index (κ3) is 3.52. The molecule has 182 valence electrons. The van der Waals surface area contributed by atoms with E-state index in [2.05, 4.69) is 41.4 Å². The van der Waals surface area contributed by atoms with E-state index in [0.717, 1.165) is 62.7 Å². The highest BCUT2D eigenvalue weighted by Crippen LogP contribution is 2.49. The lowest BCUT2D eigenvalue weighted by Gasteiger charge is -2.39. The van der Waals surface area contributed by atoms with Crippen LogP contribution in [0.2, 0.25) is 0 Å². The van der Waals surface area contributed by atoms with E-state index < -0.39 is 0 Å². The minimum absolute atomic E-state index is 0.0880. The monoisotopic (exact) mass is 480 g/mol. The van der Waals surface area contributed by atoms with Crippen molar-refractivity contribution < 1.29 is 19.0 Å². The fraction of sp³-hybridized carbons (Fsp3) is 0.233. The summed E-state index contributed by atoms with van der Waals surface area (Å²) >= 11 is 0. The van der Waals surface area contributed by atoms with Crippen molar-refractivity contribution in [2.75, 3.05) is 27.9 Å². The first-order chi connectivity index (χ1) is 17.6. The average molecular weight is 481 g/mol. The molecule has 0 spiro atoms. The van der Waals surface area contributed by atoms with E-state index in [4.69, 9.17) is 14.2 Å². The van der Waals surface area contributed by atoms with Gasteiger partial charge in [0.25, 0.3) is 0 Å². The van der Waals surface area contributed by atoms with Gasteiger partial charge in [0.15, 0.2) is 0 Å². The normalized spacial score (nSPS) is 17.1. The molecule has 3 heterocycles. The first-order valence-corrected chi connectivity index (χ1v) is 12.1. The number of hydrogen-bond donors (Lipinski definition) is 1. The zero-order valence-corrected chi connectivity index (χ0v) is 20.6. The number of nitrogens with zero attached hydrogens (tertiary/aromatic N) is 1. The maximum atomic E-state index is 13.6. The molecule has 1 unspecified atom stereocenters. The number of nitrogens with one attached hydrogen (secondary N) is 1. The number of aromatic amines is 1. The number of methoxy groups -OCH3 is 3. The summed E-state index contributed by atoms with van der Waals surface area (Å²) in [4.78, 5) is 19.2. The molecule has 6 heteroatoms. The zero-order valence-electron chi connectivity index (χ0n) is 20.6. The summed E-state index contributed by atoms with van der Waals surface area (Å²) < 4.78 is 16.3. The summed E-state index contributed by atoms with van der Waals surface area (Å²) in [6, 6.07) is 22.3. The number of H-pyrrole nitrogens is 1. The van der Waals surface area contributed by atoms with E-state index in [-0.39, 0.29) is 11.8 Å². The second-order valence-corrected chi connectivity index (χ2v) is 9.21. The highest BCUT2D eigenvalue weighted by molar-refractivity contribution is 6.07. The Morgan fingerprint density at radius 3 is 2.14 bits per heavy atom. The van der Waals surface area contributed by atoms with Crippen LogP contribution in [0.15, 0.2) is 66.7 Å². The Hall–Kier alpha value is -4.19. The molecule has 0 bridgehead atoms. The fourth-order valence-corrected chi connectivity index (χ4v) is 5.60. The molecule has 6 nitrogen and oxygen atoms in total. The topological polar surface area (TPSA) is 63.8 Å². The van der Waals surface area contributed by atoms with Gasteiger partial charge < -0.3 is 24.1 Å².